The lowest BCUT2D eigenvalue weighted by Gasteiger charge is -2.28. The number of rotatable bonds is 5. The first-order valence-corrected chi connectivity index (χ1v) is 8.35. The van der Waals surface area contributed by atoms with Crippen LogP contribution in [0.5, 0.6) is 0 Å². The van der Waals surface area contributed by atoms with Gasteiger partial charge < -0.3 is 5.73 Å². The molecule has 1 saturated carbocycles. The smallest absolute Gasteiger partial charge is 0.216 e. The highest BCUT2D eigenvalue weighted by Crippen LogP contribution is 2.31. The molecule has 0 radical (unpaired) electrons. The van der Waals surface area contributed by atoms with Gasteiger partial charge in [-0.2, -0.15) is 0 Å². The van der Waals surface area contributed by atoms with Crippen LogP contribution in [0.4, 0.5) is 0 Å². The van der Waals surface area contributed by atoms with Crippen LogP contribution in [0, 0.1) is 0 Å². The molecule has 2 rings (SSSR count). The second-order valence-electron chi connectivity index (χ2n) is 5.00. The van der Waals surface area contributed by atoms with Crippen LogP contribution in [0.25, 0.3) is 0 Å². The first-order valence-electron chi connectivity index (χ1n) is 6.29. The third-order valence-corrected chi connectivity index (χ3v) is 5.29. The van der Waals surface area contributed by atoms with Crippen LogP contribution in [-0.4, -0.2) is 18.9 Å². The first-order chi connectivity index (χ1) is 8.94. The summed E-state index contributed by atoms with van der Waals surface area (Å²) in [4.78, 5) is 0.252. The van der Waals surface area contributed by atoms with Crippen molar-refractivity contribution in [2.24, 2.45) is 5.73 Å². The number of benzene rings is 1. The van der Waals surface area contributed by atoms with Gasteiger partial charge in [0.05, 0.1) is 16.3 Å². The van der Waals surface area contributed by atoms with E-state index in [1.54, 1.807) is 12.1 Å². The predicted molar refractivity (Wildman–Crippen MR) is 80.2 cm³/mol. The molecule has 6 heteroatoms. The quantitative estimate of drug-likeness (QED) is 0.812. The normalized spacial score (nSPS) is 18.3. The average molecular weight is 298 g/mol. The fourth-order valence-electron chi connectivity index (χ4n) is 2.50. The molecule has 104 valence electrons. The van der Waals surface area contributed by atoms with Crippen LogP contribution in [0.1, 0.15) is 31.2 Å². The molecule has 0 bridgehead atoms. The molecule has 0 saturated heterocycles. The summed E-state index contributed by atoms with van der Waals surface area (Å²) in [6.45, 7) is 0. The molecule has 1 aliphatic carbocycles. The maximum atomic E-state index is 12.2. The lowest BCUT2D eigenvalue weighted by molar-refractivity contribution is 0.502. The molecule has 4 nitrogen and oxygen atoms in total. The van der Waals surface area contributed by atoms with Crippen LogP contribution >= 0.6 is 12.2 Å². The van der Waals surface area contributed by atoms with Crippen molar-refractivity contribution in [2.45, 2.75) is 37.0 Å². The first kappa shape index (κ1) is 14.4. The number of nitrogens with two attached hydrogens (primary N) is 1. The van der Waals surface area contributed by atoms with Crippen molar-refractivity contribution in [3.63, 3.8) is 0 Å². The van der Waals surface area contributed by atoms with Gasteiger partial charge in [-0.3, -0.25) is 0 Å². The van der Waals surface area contributed by atoms with Crippen molar-refractivity contribution in [3.05, 3.63) is 35.9 Å². The second kappa shape index (κ2) is 5.56. The van der Waals surface area contributed by atoms with Gasteiger partial charge in [0, 0.05) is 0 Å². The van der Waals surface area contributed by atoms with Gasteiger partial charge in [0.15, 0.2) is 0 Å². The second-order valence-corrected chi connectivity index (χ2v) is 7.16. The molecule has 0 aromatic heterocycles. The summed E-state index contributed by atoms with van der Waals surface area (Å²) < 4.78 is 27.2. The Hall–Kier alpha value is -0.980. The van der Waals surface area contributed by atoms with Crippen molar-refractivity contribution in [3.8, 4) is 0 Å². The molecule has 0 amide bonds. The zero-order chi connectivity index (χ0) is 13.9. The summed E-state index contributed by atoms with van der Waals surface area (Å²) in [6.07, 6.45) is 3.28. The predicted octanol–water partition coefficient (Wildman–Crippen LogP) is 1.70. The van der Waals surface area contributed by atoms with Gasteiger partial charge in [0.2, 0.25) is 10.0 Å². The van der Waals surface area contributed by atoms with E-state index in [0.29, 0.717) is 12.8 Å². The molecular weight excluding hydrogens is 280 g/mol. The lowest BCUT2D eigenvalue weighted by atomic mass is 10.00. The molecule has 1 aromatic rings. The summed E-state index contributed by atoms with van der Waals surface area (Å²) in [7, 11) is -3.44. The summed E-state index contributed by atoms with van der Waals surface area (Å²) in [6, 6.07) is 9.09. The standard InChI is InChI=1S/C13H18N2O2S2/c14-12(18)13(8-4-5-9-13)15-19(16,17)10-11-6-2-1-3-7-11/h1-3,6-7,15H,4-5,8-10H2,(H2,14,18). The molecule has 1 aliphatic rings. The van der Waals surface area contributed by atoms with E-state index in [9.17, 15) is 8.42 Å². The molecule has 3 N–H and O–H groups in total. The van der Waals surface area contributed by atoms with E-state index in [1.807, 2.05) is 18.2 Å². The largest absolute Gasteiger partial charge is 0.392 e. The van der Waals surface area contributed by atoms with Crippen LogP contribution in [0.2, 0.25) is 0 Å². The average Bonchev–Trinajstić information content (AvgIpc) is 2.78. The molecule has 1 aromatic carbocycles. The van der Waals surface area contributed by atoms with Crippen LogP contribution < -0.4 is 10.5 Å². The Kier molecular flexibility index (Phi) is 4.23. The Morgan fingerprint density at radius 3 is 2.37 bits per heavy atom. The van der Waals surface area contributed by atoms with Crippen LogP contribution in [-0.2, 0) is 15.8 Å². The molecule has 0 aliphatic heterocycles. The van der Waals surface area contributed by atoms with E-state index in [2.05, 4.69) is 4.72 Å². The minimum atomic E-state index is -3.44. The van der Waals surface area contributed by atoms with Crippen molar-refractivity contribution in [2.75, 3.05) is 0 Å². The highest BCUT2D eigenvalue weighted by molar-refractivity contribution is 7.88. The van der Waals surface area contributed by atoms with E-state index in [1.165, 1.54) is 0 Å². The van der Waals surface area contributed by atoms with Crippen LogP contribution in [0.3, 0.4) is 0 Å². The Morgan fingerprint density at radius 2 is 1.84 bits per heavy atom. The van der Waals surface area contributed by atoms with E-state index in [-0.39, 0.29) is 10.7 Å². The monoisotopic (exact) mass is 298 g/mol. The minimum Gasteiger partial charge on any atom is -0.392 e. The van der Waals surface area contributed by atoms with Gasteiger partial charge in [-0.15, -0.1) is 0 Å². The Bertz CT molecular complexity index is 549. The third-order valence-electron chi connectivity index (χ3n) is 3.48. The number of thiocarbonyl (C=S) groups is 1. The molecular formula is C13H18N2O2S2. The molecule has 0 unspecified atom stereocenters. The fraction of sp³-hybridized carbons (Fsp3) is 0.462. The van der Waals surface area contributed by atoms with Gasteiger partial charge >= 0.3 is 0 Å². The molecule has 1 fully saturated rings. The van der Waals surface area contributed by atoms with E-state index in [4.69, 9.17) is 18.0 Å². The molecule has 0 atom stereocenters. The van der Waals surface area contributed by atoms with Crippen molar-refractivity contribution >= 4 is 27.2 Å². The van der Waals surface area contributed by atoms with Gasteiger partial charge in [-0.25, -0.2) is 13.1 Å². The Morgan fingerprint density at radius 1 is 1.26 bits per heavy atom. The maximum Gasteiger partial charge on any atom is 0.216 e. The van der Waals surface area contributed by atoms with Crippen molar-refractivity contribution in [1.82, 2.24) is 4.72 Å². The molecule has 0 heterocycles. The van der Waals surface area contributed by atoms with E-state index >= 15 is 0 Å². The minimum absolute atomic E-state index is 0.0434. The topological polar surface area (TPSA) is 72.2 Å². The highest BCUT2D eigenvalue weighted by Gasteiger charge is 2.40. The number of hydrogen-bond acceptors (Lipinski definition) is 3. The Balaban J connectivity index is 2.14. The van der Waals surface area contributed by atoms with Crippen molar-refractivity contribution < 1.29 is 8.42 Å². The van der Waals surface area contributed by atoms with Crippen LogP contribution in [0.15, 0.2) is 30.3 Å². The molecule has 19 heavy (non-hydrogen) atoms. The van der Waals surface area contributed by atoms with Gasteiger partial charge in [0.1, 0.15) is 0 Å². The Labute approximate surface area is 119 Å². The van der Waals surface area contributed by atoms with Gasteiger partial charge in [-0.05, 0) is 18.4 Å². The summed E-state index contributed by atoms with van der Waals surface area (Å²) in [5.74, 6) is -0.0434. The molecule has 0 spiro atoms. The maximum absolute atomic E-state index is 12.2. The van der Waals surface area contributed by atoms with E-state index < -0.39 is 15.6 Å². The SMILES string of the molecule is NC(=S)C1(NS(=O)(=O)Cc2ccccc2)CCCC1. The highest BCUT2D eigenvalue weighted by atomic mass is 32.2. The number of hydrogen-bond donors (Lipinski definition) is 2. The summed E-state index contributed by atoms with van der Waals surface area (Å²) in [5.41, 5.74) is 5.77. The zero-order valence-corrected chi connectivity index (χ0v) is 12.3. The van der Waals surface area contributed by atoms with Gasteiger partial charge in [-0.1, -0.05) is 55.4 Å². The number of nitrogens with one attached hydrogen (secondary N) is 1. The third kappa shape index (κ3) is 3.52. The van der Waals surface area contributed by atoms with Crippen molar-refractivity contribution in [1.29, 1.82) is 0 Å². The summed E-state index contributed by atoms with van der Waals surface area (Å²) >= 11 is 5.05. The number of sulfonamides is 1. The van der Waals surface area contributed by atoms with E-state index in [0.717, 1.165) is 18.4 Å². The zero-order valence-electron chi connectivity index (χ0n) is 10.6. The van der Waals surface area contributed by atoms with Gasteiger partial charge in [0.25, 0.3) is 0 Å². The lowest BCUT2D eigenvalue weighted by Crippen LogP contribution is -2.54. The summed E-state index contributed by atoms with van der Waals surface area (Å²) in [5, 5.41) is 0. The fourth-order valence-corrected chi connectivity index (χ4v) is 4.44.